The van der Waals surface area contributed by atoms with Crippen LogP contribution in [0.25, 0.3) is 0 Å². The molecule has 124 valence electrons. The number of piperidine rings is 1. The lowest BCUT2D eigenvalue weighted by molar-refractivity contribution is -0.140. The van der Waals surface area contributed by atoms with Crippen LogP contribution < -0.4 is 0 Å². The van der Waals surface area contributed by atoms with Crippen LogP contribution in [-0.2, 0) is 16.0 Å². The van der Waals surface area contributed by atoms with Gasteiger partial charge in [0, 0.05) is 38.5 Å². The van der Waals surface area contributed by atoms with E-state index in [1.165, 1.54) is 5.56 Å². The quantitative estimate of drug-likeness (QED) is 0.856. The fourth-order valence-corrected chi connectivity index (χ4v) is 3.63. The Hall–Kier alpha value is -1.84. The van der Waals surface area contributed by atoms with Crippen molar-refractivity contribution in [3.63, 3.8) is 0 Å². The summed E-state index contributed by atoms with van der Waals surface area (Å²) < 4.78 is 0. The Labute approximate surface area is 138 Å². The van der Waals surface area contributed by atoms with Crippen molar-refractivity contribution in [2.75, 3.05) is 26.2 Å². The third-order valence-electron chi connectivity index (χ3n) is 5.09. The van der Waals surface area contributed by atoms with Gasteiger partial charge in [0.15, 0.2) is 0 Å². The molecule has 4 heteroatoms. The van der Waals surface area contributed by atoms with Gasteiger partial charge in [-0.25, -0.2) is 0 Å². The van der Waals surface area contributed by atoms with E-state index in [-0.39, 0.29) is 11.8 Å². The van der Waals surface area contributed by atoms with Gasteiger partial charge in [0.25, 0.3) is 0 Å². The van der Waals surface area contributed by atoms with Crippen LogP contribution in [0.5, 0.6) is 0 Å². The van der Waals surface area contributed by atoms with Gasteiger partial charge in [0.05, 0.1) is 0 Å². The van der Waals surface area contributed by atoms with Gasteiger partial charge in [0.1, 0.15) is 0 Å². The maximum atomic E-state index is 12.4. The number of aryl methyl sites for hydroxylation is 1. The third kappa shape index (κ3) is 4.12. The van der Waals surface area contributed by atoms with Crippen LogP contribution in [0, 0.1) is 5.92 Å². The fourth-order valence-electron chi connectivity index (χ4n) is 3.63. The fraction of sp³-hybridized carbons (Fsp3) is 0.579. The number of benzene rings is 1. The standard InChI is InChI=1S/C19H26N2O2/c22-18(9-8-16-6-2-1-3-7-16)20-14-10-17(11-15-20)19(23)21-12-4-5-13-21/h1-3,6-7,17H,4-5,8-15H2. The highest BCUT2D eigenvalue weighted by atomic mass is 16.2. The number of carbonyl (C=O) groups is 2. The van der Waals surface area contributed by atoms with Crippen molar-refractivity contribution in [2.24, 2.45) is 5.92 Å². The summed E-state index contributed by atoms with van der Waals surface area (Å²) in [5.74, 6) is 0.672. The lowest BCUT2D eigenvalue weighted by Crippen LogP contribution is -2.43. The smallest absolute Gasteiger partial charge is 0.225 e. The molecule has 0 radical (unpaired) electrons. The van der Waals surface area contributed by atoms with E-state index >= 15 is 0 Å². The maximum absolute atomic E-state index is 12.4. The molecular weight excluding hydrogens is 288 g/mol. The van der Waals surface area contributed by atoms with Gasteiger partial charge in [0.2, 0.25) is 11.8 Å². The van der Waals surface area contributed by atoms with Crippen LogP contribution in [-0.4, -0.2) is 47.8 Å². The first-order chi connectivity index (χ1) is 11.2. The molecule has 0 spiro atoms. The Morgan fingerprint density at radius 2 is 1.57 bits per heavy atom. The number of carbonyl (C=O) groups excluding carboxylic acids is 2. The molecule has 0 aliphatic carbocycles. The predicted molar refractivity (Wildman–Crippen MR) is 89.9 cm³/mol. The lowest BCUT2D eigenvalue weighted by Gasteiger charge is -2.33. The molecule has 23 heavy (non-hydrogen) atoms. The SMILES string of the molecule is O=C(CCc1ccccc1)N1CCC(C(=O)N2CCCC2)CC1. The summed E-state index contributed by atoms with van der Waals surface area (Å²) >= 11 is 0. The summed E-state index contributed by atoms with van der Waals surface area (Å²) in [6, 6.07) is 10.1. The highest BCUT2D eigenvalue weighted by Gasteiger charge is 2.30. The third-order valence-corrected chi connectivity index (χ3v) is 5.09. The molecule has 0 saturated carbocycles. The van der Waals surface area contributed by atoms with E-state index in [9.17, 15) is 9.59 Å². The second-order valence-corrected chi connectivity index (χ2v) is 6.67. The number of likely N-dealkylation sites (tertiary alicyclic amines) is 2. The van der Waals surface area contributed by atoms with E-state index in [2.05, 4.69) is 12.1 Å². The van der Waals surface area contributed by atoms with Crippen molar-refractivity contribution >= 4 is 11.8 Å². The van der Waals surface area contributed by atoms with Crippen molar-refractivity contribution in [3.8, 4) is 0 Å². The summed E-state index contributed by atoms with van der Waals surface area (Å²) in [6.45, 7) is 3.32. The zero-order valence-electron chi connectivity index (χ0n) is 13.7. The summed E-state index contributed by atoms with van der Waals surface area (Å²) in [5, 5.41) is 0. The van der Waals surface area contributed by atoms with E-state index in [4.69, 9.17) is 0 Å². The number of hydrogen-bond donors (Lipinski definition) is 0. The van der Waals surface area contributed by atoms with Crippen LogP contribution in [0.4, 0.5) is 0 Å². The van der Waals surface area contributed by atoms with E-state index in [1.807, 2.05) is 28.0 Å². The van der Waals surface area contributed by atoms with Gasteiger partial charge in [-0.1, -0.05) is 30.3 Å². The number of amides is 2. The van der Waals surface area contributed by atoms with Crippen LogP contribution in [0.2, 0.25) is 0 Å². The first kappa shape index (κ1) is 16.0. The normalized spacial score (nSPS) is 19.1. The molecule has 2 heterocycles. The zero-order valence-corrected chi connectivity index (χ0v) is 13.7. The monoisotopic (exact) mass is 314 g/mol. The number of nitrogens with zero attached hydrogens (tertiary/aromatic N) is 2. The van der Waals surface area contributed by atoms with Gasteiger partial charge in [-0.05, 0) is 37.7 Å². The van der Waals surface area contributed by atoms with E-state index < -0.39 is 0 Å². The summed E-state index contributed by atoms with van der Waals surface area (Å²) in [4.78, 5) is 28.7. The van der Waals surface area contributed by atoms with Crippen molar-refractivity contribution < 1.29 is 9.59 Å². The molecule has 1 aromatic rings. The number of rotatable bonds is 4. The molecule has 2 fully saturated rings. The van der Waals surface area contributed by atoms with Crippen molar-refractivity contribution in [2.45, 2.75) is 38.5 Å². The molecule has 4 nitrogen and oxygen atoms in total. The van der Waals surface area contributed by atoms with Crippen LogP contribution >= 0.6 is 0 Å². The molecule has 2 aliphatic rings. The maximum Gasteiger partial charge on any atom is 0.225 e. The van der Waals surface area contributed by atoms with Gasteiger partial charge >= 0.3 is 0 Å². The van der Waals surface area contributed by atoms with E-state index in [0.717, 1.165) is 58.3 Å². The highest BCUT2D eigenvalue weighted by molar-refractivity contribution is 5.80. The highest BCUT2D eigenvalue weighted by Crippen LogP contribution is 2.22. The Kier molecular flexibility index (Phi) is 5.31. The molecule has 0 aromatic heterocycles. The second kappa shape index (κ2) is 7.62. The predicted octanol–water partition coefficient (Wildman–Crippen LogP) is 2.48. The zero-order chi connectivity index (χ0) is 16.1. The summed E-state index contributed by atoms with van der Waals surface area (Å²) in [6.07, 6.45) is 5.30. The lowest BCUT2D eigenvalue weighted by atomic mass is 9.95. The van der Waals surface area contributed by atoms with Crippen molar-refractivity contribution in [3.05, 3.63) is 35.9 Å². The Morgan fingerprint density at radius 3 is 2.22 bits per heavy atom. The minimum Gasteiger partial charge on any atom is -0.343 e. The average Bonchev–Trinajstić information content (AvgIpc) is 3.15. The minimum atomic E-state index is 0.131. The van der Waals surface area contributed by atoms with E-state index in [1.54, 1.807) is 0 Å². The van der Waals surface area contributed by atoms with Crippen molar-refractivity contribution in [1.82, 2.24) is 9.80 Å². The largest absolute Gasteiger partial charge is 0.343 e. The molecule has 3 rings (SSSR count). The van der Waals surface area contributed by atoms with Crippen LogP contribution in [0.15, 0.2) is 30.3 Å². The first-order valence-corrected chi connectivity index (χ1v) is 8.84. The molecule has 0 atom stereocenters. The van der Waals surface area contributed by atoms with Gasteiger partial charge in [-0.2, -0.15) is 0 Å². The summed E-state index contributed by atoms with van der Waals surface area (Å²) in [5.41, 5.74) is 1.21. The Morgan fingerprint density at radius 1 is 0.913 bits per heavy atom. The molecule has 2 aliphatic heterocycles. The topological polar surface area (TPSA) is 40.6 Å². The molecule has 0 unspecified atom stereocenters. The second-order valence-electron chi connectivity index (χ2n) is 6.67. The average molecular weight is 314 g/mol. The van der Waals surface area contributed by atoms with Crippen LogP contribution in [0.1, 0.15) is 37.7 Å². The molecule has 2 saturated heterocycles. The van der Waals surface area contributed by atoms with E-state index in [0.29, 0.717) is 12.3 Å². The molecule has 0 N–H and O–H groups in total. The molecule has 2 amide bonds. The molecule has 1 aromatic carbocycles. The number of hydrogen-bond acceptors (Lipinski definition) is 2. The van der Waals surface area contributed by atoms with Gasteiger partial charge in [-0.3, -0.25) is 9.59 Å². The Balaban J connectivity index is 1.43. The first-order valence-electron chi connectivity index (χ1n) is 8.84. The van der Waals surface area contributed by atoms with Crippen LogP contribution in [0.3, 0.4) is 0 Å². The minimum absolute atomic E-state index is 0.131. The van der Waals surface area contributed by atoms with Gasteiger partial charge < -0.3 is 9.80 Å². The van der Waals surface area contributed by atoms with Gasteiger partial charge in [-0.15, -0.1) is 0 Å². The Bertz CT molecular complexity index is 530. The van der Waals surface area contributed by atoms with Crippen molar-refractivity contribution in [1.29, 1.82) is 0 Å². The molecule has 0 bridgehead atoms. The summed E-state index contributed by atoms with van der Waals surface area (Å²) in [7, 11) is 0. The molecular formula is C19H26N2O2.